The van der Waals surface area contributed by atoms with E-state index in [1.807, 2.05) is 36.4 Å². The highest BCUT2D eigenvalue weighted by Gasteiger charge is 2.14. The normalized spacial score (nSPS) is 12.4. The minimum absolute atomic E-state index is 0.356. The first-order valence-electron chi connectivity index (χ1n) is 15.5. The number of pyridine rings is 2. The van der Waals surface area contributed by atoms with Crippen LogP contribution in [0.2, 0.25) is 0 Å². The van der Waals surface area contributed by atoms with E-state index in [1.165, 1.54) is 0 Å². The number of aliphatic hydroxyl groups excluding tert-OH is 2. The molecule has 4 N–H and O–H groups in total. The molecule has 2 aromatic heterocycles. The van der Waals surface area contributed by atoms with Gasteiger partial charge in [0.25, 0.3) is 0 Å². The summed E-state index contributed by atoms with van der Waals surface area (Å²) in [7, 11) is 3.17. The Morgan fingerprint density at radius 1 is 0.609 bits per heavy atom. The Morgan fingerprint density at radius 3 is 1.39 bits per heavy atom. The van der Waals surface area contributed by atoms with Crippen LogP contribution in [0.3, 0.4) is 0 Å². The maximum Gasteiger partial charge on any atom is 0.220 e. The highest BCUT2D eigenvalue weighted by atomic mass is 16.5. The number of rotatable bonds is 17. The minimum Gasteiger partial charge on any atom is -0.481 e. The number of nitrogens with zero attached hydrogens (tertiary/aromatic N) is 2. The topological polar surface area (TPSA) is 127 Å². The fourth-order valence-electron chi connectivity index (χ4n) is 5.09. The Labute approximate surface area is 271 Å². The van der Waals surface area contributed by atoms with Gasteiger partial charge in [-0.2, -0.15) is 9.97 Å². The molecule has 2 unspecified atom stereocenters. The third kappa shape index (κ3) is 9.40. The van der Waals surface area contributed by atoms with Crippen LogP contribution in [0.4, 0.5) is 0 Å². The van der Waals surface area contributed by atoms with Crippen LogP contribution in [0.5, 0.6) is 23.5 Å². The van der Waals surface area contributed by atoms with Gasteiger partial charge in [-0.05, 0) is 73.2 Å². The van der Waals surface area contributed by atoms with Gasteiger partial charge in [-0.25, -0.2) is 0 Å². The maximum atomic E-state index is 9.50. The molecule has 0 amide bonds. The SMILES string of the molecule is COc1nc(OCc2cccc(-c3cccc(COc4ccc(CNCC(C)O)c(OC)n4)c3C)c2C)ccc1CNCC(C)O. The molecule has 0 aliphatic heterocycles. The van der Waals surface area contributed by atoms with Crippen molar-refractivity contribution in [2.45, 2.75) is 66.2 Å². The monoisotopic (exact) mass is 630 g/mol. The van der Waals surface area contributed by atoms with Gasteiger partial charge in [-0.1, -0.05) is 36.4 Å². The van der Waals surface area contributed by atoms with Crippen LogP contribution >= 0.6 is 0 Å². The van der Waals surface area contributed by atoms with Crippen LogP contribution in [0, 0.1) is 13.8 Å². The molecule has 2 atom stereocenters. The molecule has 0 radical (unpaired) electrons. The second kappa shape index (κ2) is 16.9. The maximum absolute atomic E-state index is 9.50. The van der Waals surface area contributed by atoms with Gasteiger partial charge in [0.15, 0.2) is 0 Å². The number of aliphatic hydroxyl groups is 2. The molecule has 4 rings (SSSR count). The minimum atomic E-state index is -0.429. The van der Waals surface area contributed by atoms with Crippen molar-refractivity contribution < 1.29 is 29.2 Å². The van der Waals surface area contributed by atoms with Crippen LogP contribution < -0.4 is 29.6 Å². The molecule has 246 valence electrons. The quantitative estimate of drug-likeness (QED) is 0.128. The van der Waals surface area contributed by atoms with Gasteiger partial charge < -0.3 is 39.8 Å². The van der Waals surface area contributed by atoms with Crippen molar-refractivity contribution in [3.05, 3.63) is 94.0 Å². The summed E-state index contributed by atoms with van der Waals surface area (Å²) in [6.45, 7) is 10.4. The van der Waals surface area contributed by atoms with E-state index in [-0.39, 0.29) is 0 Å². The molecule has 10 nitrogen and oxygen atoms in total. The van der Waals surface area contributed by atoms with Crippen molar-refractivity contribution >= 4 is 0 Å². The van der Waals surface area contributed by atoms with E-state index in [4.69, 9.17) is 18.9 Å². The zero-order chi connectivity index (χ0) is 33.1. The molecule has 0 saturated heterocycles. The molecule has 10 heteroatoms. The van der Waals surface area contributed by atoms with Crippen LogP contribution in [0.15, 0.2) is 60.7 Å². The summed E-state index contributed by atoms with van der Waals surface area (Å²) in [5, 5.41) is 25.4. The lowest BCUT2D eigenvalue weighted by molar-refractivity contribution is 0.190. The predicted molar refractivity (Wildman–Crippen MR) is 178 cm³/mol. The fraction of sp³-hybridized carbons (Fsp3) is 0.389. The summed E-state index contributed by atoms with van der Waals surface area (Å²) in [5.74, 6) is 1.94. The average molecular weight is 631 g/mol. The van der Waals surface area contributed by atoms with Crippen molar-refractivity contribution in [3.63, 3.8) is 0 Å². The van der Waals surface area contributed by atoms with Crippen molar-refractivity contribution in [1.29, 1.82) is 0 Å². The third-order valence-corrected chi connectivity index (χ3v) is 7.66. The highest BCUT2D eigenvalue weighted by molar-refractivity contribution is 5.72. The molecule has 0 spiro atoms. The number of methoxy groups -OCH3 is 2. The molecule has 2 aromatic carbocycles. The Kier molecular flexibility index (Phi) is 12.7. The van der Waals surface area contributed by atoms with Crippen LogP contribution in [-0.2, 0) is 26.3 Å². The predicted octanol–water partition coefficient (Wildman–Crippen LogP) is 4.88. The summed E-state index contributed by atoms with van der Waals surface area (Å²) >= 11 is 0. The summed E-state index contributed by atoms with van der Waals surface area (Å²) < 4.78 is 23.2. The van der Waals surface area contributed by atoms with Crippen molar-refractivity contribution in [2.24, 2.45) is 0 Å². The first-order valence-corrected chi connectivity index (χ1v) is 15.5. The first kappa shape index (κ1) is 34.6. The van der Waals surface area contributed by atoms with E-state index in [1.54, 1.807) is 28.1 Å². The molecule has 2 heterocycles. The van der Waals surface area contributed by atoms with Crippen molar-refractivity contribution in [3.8, 4) is 34.6 Å². The van der Waals surface area contributed by atoms with E-state index in [0.29, 0.717) is 62.9 Å². The summed E-state index contributed by atoms with van der Waals surface area (Å²) in [5.41, 5.74) is 8.39. The number of nitrogens with one attached hydrogen (secondary N) is 2. The summed E-state index contributed by atoms with van der Waals surface area (Å²) in [4.78, 5) is 9.07. The highest BCUT2D eigenvalue weighted by Crippen LogP contribution is 2.31. The lowest BCUT2D eigenvalue weighted by atomic mass is 9.92. The molecule has 0 bridgehead atoms. The van der Waals surface area contributed by atoms with Gasteiger partial charge in [-0.3, -0.25) is 0 Å². The summed E-state index contributed by atoms with van der Waals surface area (Å²) in [6.07, 6.45) is -0.859. The molecular weight excluding hydrogens is 584 g/mol. The molecule has 46 heavy (non-hydrogen) atoms. The van der Waals surface area contributed by atoms with Gasteiger partial charge in [0.1, 0.15) is 13.2 Å². The van der Waals surface area contributed by atoms with Gasteiger partial charge in [0.2, 0.25) is 23.5 Å². The lowest BCUT2D eigenvalue weighted by Crippen LogP contribution is -2.24. The number of hydrogen-bond acceptors (Lipinski definition) is 10. The van der Waals surface area contributed by atoms with Gasteiger partial charge >= 0.3 is 0 Å². The molecule has 4 aromatic rings. The lowest BCUT2D eigenvalue weighted by Gasteiger charge is -2.17. The van der Waals surface area contributed by atoms with Crippen LogP contribution in [0.1, 0.15) is 47.2 Å². The Hall–Kier alpha value is -4.22. The standard InChI is InChI=1S/C36H46N4O6/c1-23(41)17-37-19-27-13-15-33(39-35(27)43-5)45-21-29-9-7-11-31(25(29)3)32-12-8-10-30(26(32)4)22-46-34-16-14-28(36(40-34)44-6)20-38-18-24(2)42/h7-16,23-24,37-38,41-42H,17-22H2,1-6H3. The van der Waals surface area contributed by atoms with Crippen LogP contribution in [0.25, 0.3) is 11.1 Å². The first-order chi connectivity index (χ1) is 22.2. The molecule has 0 aliphatic carbocycles. The third-order valence-electron chi connectivity index (χ3n) is 7.66. The van der Waals surface area contributed by atoms with E-state index in [0.717, 1.165) is 44.5 Å². The number of aromatic nitrogens is 2. The molecule has 0 fully saturated rings. The molecule has 0 saturated carbocycles. The van der Waals surface area contributed by atoms with Crippen LogP contribution in [-0.4, -0.2) is 59.7 Å². The number of ether oxygens (including phenoxy) is 4. The Balaban J connectivity index is 1.44. The second-order valence-electron chi connectivity index (χ2n) is 11.4. The van der Waals surface area contributed by atoms with E-state index in [9.17, 15) is 10.2 Å². The summed E-state index contributed by atoms with van der Waals surface area (Å²) in [6, 6.07) is 20.0. The van der Waals surface area contributed by atoms with Crippen molar-refractivity contribution in [2.75, 3.05) is 27.3 Å². The molecule has 0 aliphatic rings. The zero-order valence-electron chi connectivity index (χ0n) is 27.6. The van der Waals surface area contributed by atoms with Crippen molar-refractivity contribution in [1.82, 2.24) is 20.6 Å². The number of hydrogen-bond donors (Lipinski definition) is 4. The Morgan fingerprint density at radius 2 is 1.02 bits per heavy atom. The number of benzene rings is 2. The zero-order valence-corrected chi connectivity index (χ0v) is 27.6. The molecular formula is C36H46N4O6. The Bertz CT molecular complexity index is 1460. The van der Waals surface area contributed by atoms with E-state index in [2.05, 4.69) is 58.7 Å². The second-order valence-corrected chi connectivity index (χ2v) is 11.4. The van der Waals surface area contributed by atoms with E-state index < -0.39 is 12.2 Å². The van der Waals surface area contributed by atoms with Gasteiger partial charge in [-0.15, -0.1) is 0 Å². The largest absolute Gasteiger partial charge is 0.481 e. The smallest absolute Gasteiger partial charge is 0.220 e. The van der Waals surface area contributed by atoms with E-state index >= 15 is 0 Å². The van der Waals surface area contributed by atoms with Gasteiger partial charge in [0, 0.05) is 49.4 Å². The average Bonchev–Trinajstić information content (AvgIpc) is 3.04. The fourth-order valence-corrected chi connectivity index (χ4v) is 5.09. The van der Waals surface area contributed by atoms with Gasteiger partial charge in [0.05, 0.1) is 26.4 Å².